The molecule has 1 saturated heterocycles. The summed E-state index contributed by atoms with van der Waals surface area (Å²) in [6.45, 7) is 1.97. The predicted molar refractivity (Wildman–Crippen MR) is 67.7 cm³/mol. The number of aldehydes is 1. The topological polar surface area (TPSA) is 20.3 Å². The van der Waals surface area contributed by atoms with Gasteiger partial charge in [-0.2, -0.15) is 0 Å². The molecule has 0 amide bonds. The summed E-state index contributed by atoms with van der Waals surface area (Å²) in [7, 11) is 0. The highest BCUT2D eigenvalue weighted by atomic mass is 35.5. The van der Waals surface area contributed by atoms with Gasteiger partial charge in [0.25, 0.3) is 0 Å². The minimum Gasteiger partial charge on any atom is -0.303 e. The van der Waals surface area contributed by atoms with E-state index in [1.807, 2.05) is 24.3 Å². The number of piperidine rings is 1. The number of halogens is 1. The molecule has 1 heterocycles. The second kappa shape index (κ2) is 5.71. The maximum Gasteiger partial charge on any atom is 0.123 e. The molecule has 0 N–H and O–H groups in total. The molecule has 1 fully saturated rings. The van der Waals surface area contributed by atoms with Gasteiger partial charge in [0.15, 0.2) is 0 Å². The molecule has 0 atom stereocenters. The highest BCUT2D eigenvalue weighted by Gasteiger charge is 2.18. The summed E-state index contributed by atoms with van der Waals surface area (Å²) in [5.41, 5.74) is 0. The number of benzene rings is 1. The summed E-state index contributed by atoms with van der Waals surface area (Å²) in [4.78, 5) is 11.8. The summed E-state index contributed by atoms with van der Waals surface area (Å²) in [5.74, 6) is 0.266. The largest absolute Gasteiger partial charge is 0.303 e. The van der Waals surface area contributed by atoms with Crippen molar-refractivity contribution in [3.63, 3.8) is 0 Å². The molecule has 0 aliphatic carbocycles. The zero-order valence-corrected chi connectivity index (χ0v) is 10.5. The van der Waals surface area contributed by atoms with Crippen molar-refractivity contribution in [2.45, 2.75) is 17.7 Å². The number of hydrogen-bond acceptors (Lipinski definition) is 3. The Morgan fingerprint density at radius 1 is 1.25 bits per heavy atom. The molecule has 0 bridgehead atoms. The van der Waals surface area contributed by atoms with Gasteiger partial charge in [-0.3, -0.25) is 0 Å². The fraction of sp³-hybridized carbons (Fsp3) is 0.417. The van der Waals surface area contributed by atoms with Crippen molar-refractivity contribution < 1.29 is 4.79 Å². The maximum absolute atomic E-state index is 10.6. The summed E-state index contributed by atoms with van der Waals surface area (Å²) in [6.07, 6.45) is 3.04. The summed E-state index contributed by atoms with van der Waals surface area (Å²) in [5, 5.41) is 0.768. The molecule has 0 spiro atoms. The molecule has 2 nitrogen and oxygen atoms in total. The molecule has 16 heavy (non-hydrogen) atoms. The second-order valence-electron chi connectivity index (χ2n) is 3.95. The predicted octanol–water partition coefficient (Wildman–Crippen LogP) is 3.26. The fourth-order valence-electron chi connectivity index (χ4n) is 1.75. The first-order valence-electron chi connectivity index (χ1n) is 5.42. The lowest BCUT2D eigenvalue weighted by Crippen LogP contribution is -2.28. The average Bonchev–Trinajstić information content (AvgIpc) is 2.33. The van der Waals surface area contributed by atoms with Crippen LogP contribution in [0.3, 0.4) is 0 Å². The van der Waals surface area contributed by atoms with Crippen LogP contribution in [0.4, 0.5) is 0 Å². The third-order valence-corrected chi connectivity index (χ3v) is 4.10. The van der Waals surface area contributed by atoms with E-state index in [0.29, 0.717) is 0 Å². The van der Waals surface area contributed by atoms with Gasteiger partial charge in [0, 0.05) is 28.9 Å². The molecule has 2 rings (SSSR count). The van der Waals surface area contributed by atoms with E-state index in [1.54, 1.807) is 11.9 Å². The van der Waals surface area contributed by atoms with Crippen LogP contribution in [-0.2, 0) is 4.79 Å². The first kappa shape index (κ1) is 12.0. The van der Waals surface area contributed by atoms with Gasteiger partial charge < -0.3 is 4.79 Å². The first-order valence-corrected chi connectivity index (χ1v) is 6.57. The molecule has 0 unspecified atom stereocenters. The lowest BCUT2D eigenvalue weighted by molar-refractivity contribution is -0.112. The lowest BCUT2D eigenvalue weighted by Gasteiger charge is -2.28. The average molecular weight is 256 g/mol. The van der Waals surface area contributed by atoms with Gasteiger partial charge >= 0.3 is 0 Å². The summed E-state index contributed by atoms with van der Waals surface area (Å²) in [6, 6.07) is 7.86. The van der Waals surface area contributed by atoms with Crippen molar-refractivity contribution in [2.24, 2.45) is 5.92 Å². The monoisotopic (exact) mass is 255 g/mol. The molecule has 1 aliphatic heterocycles. The number of hydrogen-bond donors (Lipinski definition) is 0. The fourth-order valence-corrected chi connectivity index (χ4v) is 2.82. The highest BCUT2D eigenvalue weighted by Crippen LogP contribution is 2.28. The number of rotatable bonds is 3. The van der Waals surface area contributed by atoms with Crippen molar-refractivity contribution in [3.8, 4) is 0 Å². The zero-order chi connectivity index (χ0) is 11.4. The number of carbonyl (C=O) groups excluding carboxylic acids is 1. The standard InChI is InChI=1S/C12H14ClNOS/c13-11-1-3-12(4-2-11)16-14-7-5-10(9-15)6-8-14/h1-4,9-10H,5-8H2. The van der Waals surface area contributed by atoms with Gasteiger partial charge in [0.05, 0.1) is 0 Å². The molecule has 0 aromatic heterocycles. The molecule has 0 radical (unpaired) electrons. The van der Waals surface area contributed by atoms with Crippen molar-refractivity contribution in [1.29, 1.82) is 0 Å². The lowest BCUT2D eigenvalue weighted by atomic mass is 10.0. The SMILES string of the molecule is O=CC1CCN(Sc2ccc(Cl)cc2)CC1. The Morgan fingerprint density at radius 3 is 2.44 bits per heavy atom. The van der Waals surface area contributed by atoms with Crippen LogP contribution in [0, 0.1) is 5.92 Å². The normalized spacial score (nSPS) is 18.6. The third kappa shape index (κ3) is 3.24. The Morgan fingerprint density at radius 2 is 1.88 bits per heavy atom. The minimum absolute atomic E-state index is 0.266. The Balaban J connectivity index is 1.86. The van der Waals surface area contributed by atoms with Gasteiger partial charge in [0.2, 0.25) is 0 Å². The van der Waals surface area contributed by atoms with Crippen LogP contribution < -0.4 is 0 Å². The van der Waals surface area contributed by atoms with E-state index >= 15 is 0 Å². The molecule has 1 aromatic carbocycles. The molecular formula is C12H14ClNOS. The molecular weight excluding hydrogens is 242 g/mol. The molecule has 86 valence electrons. The Hall–Kier alpha value is -0.510. The van der Waals surface area contributed by atoms with Crippen LogP contribution in [0.15, 0.2) is 29.2 Å². The smallest absolute Gasteiger partial charge is 0.123 e. The van der Waals surface area contributed by atoms with E-state index in [4.69, 9.17) is 11.6 Å². The summed E-state index contributed by atoms with van der Waals surface area (Å²) >= 11 is 7.58. The van der Waals surface area contributed by atoms with Crippen LogP contribution in [0.1, 0.15) is 12.8 Å². The van der Waals surface area contributed by atoms with Gasteiger partial charge in [-0.1, -0.05) is 11.6 Å². The van der Waals surface area contributed by atoms with E-state index in [9.17, 15) is 4.79 Å². The van der Waals surface area contributed by atoms with Crippen molar-refractivity contribution >= 4 is 29.8 Å². The van der Waals surface area contributed by atoms with Crippen LogP contribution >= 0.6 is 23.5 Å². The van der Waals surface area contributed by atoms with Crippen molar-refractivity contribution in [1.82, 2.24) is 4.31 Å². The third-order valence-electron chi connectivity index (χ3n) is 2.74. The summed E-state index contributed by atoms with van der Waals surface area (Å²) < 4.78 is 2.31. The number of nitrogens with zero attached hydrogens (tertiary/aromatic N) is 1. The Bertz CT molecular complexity index is 347. The maximum atomic E-state index is 10.6. The quantitative estimate of drug-likeness (QED) is 0.611. The van der Waals surface area contributed by atoms with E-state index in [1.165, 1.54) is 4.90 Å². The van der Waals surface area contributed by atoms with Crippen LogP contribution in [0.2, 0.25) is 5.02 Å². The Labute approximate surface area is 105 Å². The van der Waals surface area contributed by atoms with Crippen molar-refractivity contribution in [3.05, 3.63) is 29.3 Å². The van der Waals surface area contributed by atoms with E-state index in [2.05, 4.69) is 4.31 Å². The van der Waals surface area contributed by atoms with E-state index in [-0.39, 0.29) is 5.92 Å². The zero-order valence-electron chi connectivity index (χ0n) is 8.93. The minimum atomic E-state index is 0.266. The number of carbonyl (C=O) groups is 1. The van der Waals surface area contributed by atoms with Crippen LogP contribution in [0.25, 0.3) is 0 Å². The first-order chi connectivity index (χ1) is 7.78. The van der Waals surface area contributed by atoms with E-state index < -0.39 is 0 Å². The van der Waals surface area contributed by atoms with Gasteiger partial charge in [0.1, 0.15) is 6.29 Å². The van der Waals surface area contributed by atoms with Crippen LogP contribution in [0.5, 0.6) is 0 Å². The van der Waals surface area contributed by atoms with Gasteiger partial charge in [-0.15, -0.1) is 0 Å². The molecule has 1 aliphatic rings. The molecule has 4 heteroatoms. The van der Waals surface area contributed by atoms with Crippen LogP contribution in [-0.4, -0.2) is 23.7 Å². The van der Waals surface area contributed by atoms with E-state index in [0.717, 1.165) is 37.2 Å². The highest BCUT2D eigenvalue weighted by molar-refractivity contribution is 7.97. The van der Waals surface area contributed by atoms with Crippen molar-refractivity contribution in [2.75, 3.05) is 13.1 Å². The molecule has 1 aromatic rings. The second-order valence-corrected chi connectivity index (χ2v) is 5.55. The van der Waals surface area contributed by atoms with Gasteiger partial charge in [-0.05, 0) is 49.1 Å². The molecule has 0 saturated carbocycles. The Kier molecular flexibility index (Phi) is 4.27. The van der Waals surface area contributed by atoms with Gasteiger partial charge in [-0.25, -0.2) is 4.31 Å².